The van der Waals surface area contributed by atoms with Crippen molar-refractivity contribution in [2.45, 2.75) is 32.1 Å². The van der Waals surface area contributed by atoms with E-state index in [9.17, 15) is 13.2 Å². The van der Waals surface area contributed by atoms with Crippen molar-refractivity contribution in [1.29, 1.82) is 0 Å². The van der Waals surface area contributed by atoms with Crippen LogP contribution >= 0.6 is 11.3 Å². The highest BCUT2D eigenvalue weighted by Gasteiger charge is 2.29. The van der Waals surface area contributed by atoms with Gasteiger partial charge in [-0.15, -0.1) is 11.3 Å². The standard InChI is InChI=1S/C23H27N3O4S2/c1-5-24-32(28,29)19-12-6-16(7-13-19)14-23(2,3)21(27)26-22-25-20(15-31-22)17-8-10-18(30-4)11-9-17/h6-13,15,24H,5,14H2,1-4H3,(H,25,26,27). The van der Waals surface area contributed by atoms with Crippen LogP contribution in [0.4, 0.5) is 5.13 Å². The summed E-state index contributed by atoms with van der Waals surface area (Å²) in [7, 11) is -1.88. The van der Waals surface area contributed by atoms with Gasteiger partial charge >= 0.3 is 0 Å². The van der Waals surface area contributed by atoms with Gasteiger partial charge in [-0.05, 0) is 48.4 Å². The van der Waals surface area contributed by atoms with Gasteiger partial charge in [0.2, 0.25) is 15.9 Å². The third-order valence-electron chi connectivity index (χ3n) is 4.94. The number of benzene rings is 2. The molecule has 0 saturated carbocycles. The van der Waals surface area contributed by atoms with Gasteiger partial charge in [0.25, 0.3) is 0 Å². The second kappa shape index (κ2) is 9.81. The van der Waals surface area contributed by atoms with Gasteiger partial charge in [-0.25, -0.2) is 18.1 Å². The average Bonchev–Trinajstić information content (AvgIpc) is 3.22. The molecule has 2 N–H and O–H groups in total. The first-order valence-corrected chi connectivity index (χ1v) is 12.5. The third kappa shape index (κ3) is 5.73. The molecule has 0 atom stereocenters. The Hall–Kier alpha value is -2.75. The van der Waals surface area contributed by atoms with Crippen LogP contribution in [-0.2, 0) is 21.2 Å². The van der Waals surface area contributed by atoms with E-state index in [4.69, 9.17) is 4.74 Å². The Morgan fingerprint density at radius 2 is 1.75 bits per heavy atom. The van der Waals surface area contributed by atoms with Gasteiger partial charge in [0, 0.05) is 22.9 Å². The Morgan fingerprint density at radius 1 is 1.09 bits per heavy atom. The second-order valence-corrected chi connectivity index (χ2v) is 10.6. The number of ether oxygens (including phenoxy) is 1. The van der Waals surface area contributed by atoms with Crippen LogP contribution in [0, 0.1) is 5.41 Å². The highest BCUT2D eigenvalue weighted by molar-refractivity contribution is 7.89. The van der Waals surface area contributed by atoms with Crippen LogP contribution in [0.2, 0.25) is 0 Å². The first kappa shape index (κ1) is 23.9. The molecule has 0 unspecified atom stereocenters. The van der Waals surface area contributed by atoms with E-state index in [2.05, 4.69) is 15.0 Å². The number of methoxy groups -OCH3 is 1. The number of nitrogens with one attached hydrogen (secondary N) is 2. The number of hydrogen-bond acceptors (Lipinski definition) is 6. The van der Waals surface area contributed by atoms with E-state index < -0.39 is 15.4 Å². The number of sulfonamides is 1. The molecule has 1 aromatic heterocycles. The normalized spacial score (nSPS) is 11.9. The van der Waals surface area contributed by atoms with E-state index in [1.807, 2.05) is 43.5 Å². The molecule has 0 aliphatic carbocycles. The van der Waals surface area contributed by atoms with Crippen LogP contribution in [0.1, 0.15) is 26.3 Å². The summed E-state index contributed by atoms with van der Waals surface area (Å²) in [6, 6.07) is 14.2. The zero-order valence-electron chi connectivity index (χ0n) is 18.5. The van der Waals surface area contributed by atoms with E-state index >= 15 is 0 Å². The zero-order chi connectivity index (χ0) is 23.4. The van der Waals surface area contributed by atoms with Gasteiger partial charge in [0.15, 0.2) is 5.13 Å². The molecule has 0 aliphatic heterocycles. The predicted octanol–water partition coefficient (Wildman–Crippen LogP) is 4.32. The van der Waals surface area contributed by atoms with E-state index in [0.717, 1.165) is 22.6 Å². The molecule has 3 aromatic rings. The van der Waals surface area contributed by atoms with Crippen molar-refractivity contribution in [3.05, 3.63) is 59.5 Å². The number of carbonyl (C=O) groups is 1. The second-order valence-electron chi connectivity index (χ2n) is 7.93. The molecule has 2 aromatic carbocycles. The minimum absolute atomic E-state index is 0.155. The lowest BCUT2D eigenvalue weighted by atomic mass is 9.85. The lowest BCUT2D eigenvalue weighted by molar-refractivity contribution is -0.123. The Labute approximate surface area is 192 Å². The summed E-state index contributed by atoms with van der Waals surface area (Å²) in [5.41, 5.74) is 1.88. The molecule has 9 heteroatoms. The number of amides is 1. The largest absolute Gasteiger partial charge is 0.497 e. The first-order chi connectivity index (χ1) is 15.1. The maximum absolute atomic E-state index is 12.9. The molecule has 7 nitrogen and oxygen atoms in total. The van der Waals surface area contributed by atoms with Crippen LogP contribution in [0.25, 0.3) is 11.3 Å². The van der Waals surface area contributed by atoms with Gasteiger partial charge in [-0.2, -0.15) is 0 Å². The molecule has 0 fully saturated rings. The Bertz CT molecular complexity index is 1170. The van der Waals surface area contributed by atoms with Crippen molar-refractivity contribution < 1.29 is 17.9 Å². The summed E-state index contributed by atoms with van der Waals surface area (Å²) in [4.78, 5) is 17.6. The number of thiazole rings is 1. The molecule has 0 bridgehead atoms. The molecule has 3 rings (SSSR count). The Balaban J connectivity index is 1.66. The summed E-state index contributed by atoms with van der Waals surface area (Å²) in [6.45, 7) is 5.76. The summed E-state index contributed by atoms with van der Waals surface area (Å²) >= 11 is 1.37. The lowest BCUT2D eigenvalue weighted by Crippen LogP contribution is -2.32. The Kier molecular flexibility index (Phi) is 7.33. The monoisotopic (exact) mass is 473 g/mol. The van der Waals surface area contributed by atoms with Crippen molar-refractivity contribution in [1.82, 2.24) is 9.71 Å². The van der Waals surface area contributed by atoms with Crippen LogP contribution < -0.4 is 14.8 Å². The minimum Gasteiger partial charge on any atom is -0.497 e. The molecule has 0 aliphatic rings. The van der Waals surface area contributed by atoms with Gasteiger partial charge in [0.05, 0.1) is 17.7 Å². The van der Waals surface area contributed by atoms with Gasteiger partial charge in [0.1, 0.15) is 5.75 Å². The molecule has 0 spiro atoms. The fraction of sp³-hybridized carbons (Fsp3) is 0.304. The van der Waals surface area contributed by atoms with Crippen molar-refractivity contribution in [3.8, 4) is 17.0 Å². The number of anilines is 1. The van der Waals surface area contributed by atoms with E-state index in [0.29, 0.717) is 18.1 Å². The maximum Gasteiger partial charge on any atom is 0.240 e. The summed E-state index contributed by atoms with van der Waals surface area (Å²) in [5.74, 6) is 0.615. The van der Waals surface area contributed by atoms with Crippen LogP contribution in [0.5, 0.6) is 5.75 Å². The SMILES string of the molecule is CCNS(=O)(=O)c1ccc(CC(C)(C)C(=O)Nc2nc(-c3ccc(OC)cc3)cs2)cc1. The molecule has 170 valence electrons. The molecule has 1 heterocycles. The van der Waals surface area contributed by atoms with E-state index in [-0.39, 0.29) is 10.8 Å². The number of rotatable bonds is 9. The van der Waals surface area contributed by atoms with Crippen LogP contribution in [0.3, 0.4) is 0 Å². The first-order valence-electron chi connectivity index (χ1n) is 10.1. The molecule has 0 saturated heterocycles. The summed E-state index contributed by atoms with van der Waals surface area (Å²) in [5, 5.41) is 5.33. The lowest BCUT2D eigenvalue weighted by Gasteiger charge is -2.23. The molecule has 1 amide bonds. The maximum atomic E-state index is 12.9. The molecular formula is C23H27N3O4S2. The van der Waals surface area contributed by atoms with Gasteiger partial charge in [-0.1, -0.05) is 32.9 Å². The van der Waals surface area contributed by atoms with Crippen molar-refractivity contribution in [2.75, 3.05) is 19.0 Å². The van der Waals surface area contributed by atoms with Crippen molar-refractivity contribution in [3.63, 3.8) is 0 Å². The molecular weight excluding hydrogens is 446 g/mol. The quantitative estimate of drug-likeness (QED) is 0.482. The highest BCUT2D eigenvalue weighted by Crippen LogP contribution is 2.29. The van der Waals surface area contributed by atoms with Crippen molar-refractivity contribution >= 4 is 32.4 Å². The minimum atomic E-state index is -3.50. The van der Waals surface area contributed by atoms with Crippen LogP contribution in [0.15, 0.2) is 58.8 Å². The van der Waals surface area contributed by atoms with Crippen molar-refractivity contribution in [2.24, 2.45) is 5.41 Å². The number of hydrogen-bond donors (Lipinski definition) is 2. The molecule has 0 radical (unpaired) electrons. The average molecular weight is 474 g/mol. The smallest absolute Gasteiger partial charge is 0.240 e. The number of aromatic nitrogens is 1. The van der Waals surface area contributed by atoms with Crippen LogP contribution in [-0.4, -0.2) is 33.0 Å². The highest BCUT2D eigenvalue weighted by atomic mass is 32.2. The summed E-state index contributed by atoms with van der Waals surface area (Å²) < 4.78 is 31.8. The number of carbonyl (C=O) groups excluding carboxylic acids is 1. The zero-order valence-corrected chi connectivity index (χ0v) is 20.1. The fourth-order valence-electron chi connectivity index (χ4n) is 3.14. The topological polar surface area (TPSA) is 97.4 Å². The number of nitrogens with zero attached hydrogens (tertiary/aromatic N) is 1. The Morgan fingerprint density at radius 3 is 2.34 bits per heavy atom. The summed E-state index contributed by atoms with van der Waals surface area (Å²) in [6.07, 6.45) is 0.455. The predicted molar refractivity (Wildman–Crippen MR) is 128 cm³/mol. The van der Waals surface area contributed by atoms with Gasteiger partial charge in [-0.3, -0.25) is 4.79 Å². The fourth-order valence-corrected chi connectivity index (χ4v) is 4.90. The van der Waals surface area contributed by atoms with E-state index in [1.165, 1.54) is 11.3 Å². The van der Waals surface area contributed by atoms with E-state index in [1.54, 1.807) is 38.3 Å². The third-order valence-corrected chi connectivity index (χ3v) is 7.26. The molecule has 32 heavy (non-hydrogen) atoms. The van der Waals surface area contributed by atoms with Gasteiger partial charge < -0.3 is 10.1 Å².